The number of fused-ring (bicyclic) bond motifs is 1. The number of hydrogen-bond donors (Lipinski definition) is 1. The van der Waals surface area contributed by atoms with E-state index in [0.717, 1.165) is 73.4 Å². The third-order valence-electron chi connectivity index (χ3n) is 4.92. The zero-order chi connectivity index (χ0) is 17.4. The highest BCUT2D eigenvalue weighted by Gasteiger charge is 2.33. The normalized spacial score (nSPS) is 20.0. The summed E-state index contributed by atoms with van der Waals surface area (Å²) >= 11 is 0.851. The number of aromatic nitrogens is 3. The summed E-state index contributed by atoms with van der Waals surface area (Å²) in [5.41, 5.74) is 0. The van der Waals surface area contributed by atoms with Gasteiger partial charge in [0.25, 0.3) is 0 Å². The SMILES string of the molecule is FC(F)(F)c1ccc(CN2CCC(c3nnc4n3CCNC4)CC2)s1. The van der Waals surface area contributed by atoms with Gasteiger partial charge in [0.15, 0.2) is 0 Å². The maximum atomic E-state index is 12.7. The average molecular weight is 371 g/mol. The molecular weight excluding hydrogens is 351 g/mol. The van der Waals surface area contributed by atoms with Crippen LogP contribution in [0.4, 0.5) is 13.2 Å². The van der Waals surface area contributed by atoms with Gasteiger partial charge < -0.3 is 9.88 Å². The van der Waals surface area contributed by atoms with Crippen LogP contribution in [0.5, 0.6) is 0 Å². The molecule has 1 fully saturated rings. The van der Waals surface area contributed by atoms with Gasteiger partial charge in [0, 0.05) is 30.4 Å². The van der Waals surface area contributed by atoms with Gasteiger partial charge in [0.1, 0.15) is 16.5 Å². The van der Waals surface area contributed by atoms with Gasteiger partial charge in [-0.15, -0.1) is 21.5 Å². The Morgan fingerprint density at radius 2 is 1.96 bits per heavy atom. The highest BCUT2D eigenvalue weighted by atomic mass is 32.1. The number of likely N-dealkylation sites (tertiary alicyclic amines) is 1. The Kier molecular flexibility index (Phi) is 4.55. The fourth-order valence-corrected chi connectivity index (χ4v) is 4.52. The molecule has 9 heteroatoms. The molecule has 4 heterocycles. The summed E-state index contributed by atoms with van der Waals surface area (Å²) in [5, 5.41) is 12.0. The van der Waals surface area contributed by atoms with Crippen molar-refractivity contribution in [2.75, 3.05) is 19.6 Å². The Morgan fingerprint density at radius 1 is 1.16 bits per heavy atom. The van der Waals surface area contributed by atoms with Crippen molar-refractivity contribution in [3.63, 3.8) is 0 Å². The first-order valence-corrected chi connectivity index (χ1v) is 9.33. The van der Waals surface area contributed by atoms with Crippen LogP contribution in [0.2, 0.25) is 0 Å². The van der Waals surface area contributed by atoms with Crippen LogP contribution in [0.15, 0.2) is 12.1 Å². The number of piperidine rings is 1. The first-order chi connectivity index (χ1) is 12.0. The molecule has 0 unspecified atom stereocenters. The van der Waals surface area contributed by atoms with Crippen molar-refractivity contribution in [3.05, 3.63) is 33.5 Å². The minimum absolute atomic E-state index is 0.393. The highest BCUT2D eigenvalue weighted by molar-refractivity contribution is 7.12. The van der Waals surface area contributed by atoms with Crippen LogP contribution in [0, 0.1) is 0 Å². The van der Waals surface area contributed by atoms with Crippen molar-refractivity contribution in [2.45, 2.75) is 44.6 Å². The van der Waals surface area contributed by atoms with Crippen LogP contribution in [-0.2, 0) is 25.8 Å². The van der Waals surface area contributed by atoms with E-state index in [1.165, 1.54) is 6.07 Å². The monoisotopic (exact) mass is 371 g/mol. The molecule has 1 saturated heterocycles. The number of nitrogens with zero attached hydrogens (tertiary/aromatic N) is 4. The van der Waals surface area contributed by atoms with E-state index in [9.17, 15) is 13.2 Å². The Hall–Kier alpha value is -1.45. The summed E-state index contributed by atoms with van der Waals surface area (Å²) in [5.74, 6) is 2.47. The first-order valence-electron chi connectivity index (χ1n) is 8.51. The quantitative estimate of drug-likeness (QED) is 0.901. The number of halogens is 3. The molecule has 0 atom stereocenters. The Morgan fingerprint density at radius 3 is 2.68 bits per heavy atom. The van der Waals surface area contributed by atoms with Crippen molar-refractivity contribution in [2.24, 2.45) is 0 Å². The van der Waals surface area contributed by atoms with E-state index >= 15 is 0 Å². The largest absolute Gasteiger partial charge is 0.425 e. The molecule has 2 aromatic rings. The summed E-state index contributed by atoms with van der Waals surface area (Å²) in [6.07, 6.45) is -2.29. The molecule has 0 radical (unpaired) electrons. The summed E-state index contributed by atoms with van der Waals surface area (Å²) in [4.78, 5) is 2.50. The molecule has 1 N–H and O–H groups in total. The molecule has 0 aromatic carbocycles. The van der Waals surface area contributed by atoms with Gasteiger partial charge in [-0.05, 0) is 38.1 Å². The summed E-state index contributed by atoms with van der Waals surface area (Å²) in [6.45, 7) is 4.97. The van der Waals surface area contributed by atoms with Crippen LogP contribution < -0.4 is 5.32 Å². The molecule has 4 rings (SSSR count). The summed E-state index contributed by atoms with van der Waals surface area (Å²) in [7, 11) is 0. The highest BCUT2D eigenvalue weighted by Crippen LogP contribution is 2.35. The number of rotatable bonds is 3. The van der Waals surface area contributed by atoms with Gasteiger partial charge in [-0.2, -0.15) is 13.2 Å². The lowest BCUT2D eigenvalue weighted by Crippen LogP contribution is -2.34. The molecule has 0 amide bonds. The summed E-state index contributed by atoms with van der Waals surface area (Å²) < 4.78 is 40.3. The molecule has 0 spiro atoms. The molecule has 0 saturated carbocycles. The average Bonchev–Trinajstić information content (AvgIpc) is 3.22. The predicted molar refractivity (Wildman–Crippen MR) is 88.3 cm³/mol. The lowest BCUT2D eigenvalue weighted by molar-refractivity contribution is -0.134. The van der Waals surface area contributed by atoms with Gasteiger partial charge in [-0.3, -0.25) is 4.90 Å². The smallest absolute Gasteiger partial charge is 0.312 e. The minimum atomic E-state index is -4.24. The van der Waals surface area contributed by atoms with Crippen molar-refractivity contribution < 1.29 is 13.2 Å². The van der Waals surface area contributed by atoms with Crippen LogP contribution >= 0.6 is 11.3 Å². The van der Waals surface area contributed by atoms with Crippen molar-refractivity contribution in [1.29, 1.82) is 0 Å². The van der Waals surface area contributed by atoms with E-state index in [0.29, 0.717) is 12.5 Å². The van der Waals surface area contributed by atoms with E-state index in [2.05, 4.69) is 25.0 Å². The van der Waals surface area contributed by atoms with Crippen molar-refractivity contribution >= 4 is 11.3 Å². The Labute approximate surface area is 147 Å². The van der Waals surface area contributed by atoms with Crippen LogP contribution in [0.25, 0.3) is 0 Å². The van der Waals surface area contributed by atoms with E-state index in [-0.39, 0.29) is 0 Å². The maximum Gasteiger partial charge on any atom is 0.425 e. The fraction of sp³-hybridized carbons (Fsp3) is 0.625. The van der Waals surface area contributed by atoms with Gasteiger partial charge in [0.05, 0.1) is 6.54 Å². The van der Waals surface area contributed by atoms with Crippen molar-refractivity contribution in [1.82, 2.24) is 25.0 Å². The van der Waals surface area contributed by atoms with E-state index in [1.807, 2.05) is 0 Å². The Bertz CT molecular complexity index is 730. The van der Waals surface area contributed by atoms with Gasteiger partial charge in [0.2, 0.25) is 0 Å². The van der Waals surface area contributed by atoms with Gasteiger partial charge >= 0.3 is 6.18 Å². The molecule has 5 nitrogen and oxygen atoms in total. The lowest BCUT2D eigenvalue weighted by Gasteiger charge is -2.31. The molecule has 25 heavy (non-hydrogen) atoms. The topological polar surface area (TPSA) is 46.0 Å². The van der Waals surface area contributed by atoms with E-state index < -0.39 is 11.1 Å². The predicted octanol–water partition coefficient (Wildman–Crippen LogP) is 2.84. The zero-order valence-corrected chi connectivity index (χ0v) is 14.5. The van der Waals surface area contributed by atoms with Crippen LogP contribution in [-0.4, -0.2) is 39.3 Å². The number of alkyl halides is 3. The second-order valence-corrected chi connectivity index (χ2v) is 7.79. The number of thiophene rings is 1. The molecule has 0 aliphatic carbocycles. The second-order valence-electron chi connectivity index (χ2n) is 6.62. The third-order valence-corrected chi connectivity index (χ3v) is 6.04. The number of nitrogens with one attached hydrogen (secondary N) is 1. The van der Waals surface area contributed by atoms with E-state index in [1.54, 1.807) is 6.07 Å². The lowest BCUT2D eigenvalue weighted by atomic mass is 9.95. The minimum Gasteiger partial charge on any atom is -0.312 e. The zero-order valence-electron chi connectivity index (χ0n) is 13.7. The number of hydrogen-bond acceptors (Lipinski definition) is 5. The van der Waals surface area contributed by atoms with Gasteiger partial charge in [-0.25, -0.2) is 0 Å². The molecule has 2 aromatic heterocycles. The van der Waals surface area contributed by atoms with Crippen LogP contribution in [0.3, 0.4) is 0 Å². The van der Waals surface area contributed by atoms with Gasteiger partial charge in [-0.1, -0.05) is 0 Å². The standard InChI is InChI=1S/C16H20F3N5S/c17-16(18,19)13-2-1-12(25-13)10-23-6-3-11(4-7-23)15-22-21-14-9-20-5-8-24(14)15/h1-2,11,20H,3-10H2. The molecule has 2 aliphatic heterocycles. The molecule has 2 aliphatic rings. The van der Waals surface area contributed by atoms with Crippen molar-refractivity contribution in [3.8, 4) is 0 Å². The van der Waals surface area contributed by atoms with Crippen LogP contribution in [0.1, 0.15) is 40.2 Å². The second kappa shape index (κ2) is 6.69. The molecule has 0 bridgehead atoms. The maximum absolute atomic E-state index is 12.7. The third kappa shape index (κ3) is 3.58. The Balaban J connectivity index is 1.36. The molecule has 136 valence electrons. The molecular formula is C16H20F3N5S. The van der Waals surface area contributed by atoms with E-state index in [4.69, 9.17) is 0 Å². The fourth-order valence-electron chi connectivity index (χ4n) is 3.60. The first kappa shape index (κ1) is 17.0. The summed E-state index contributed by atoms with van der Waals surface area (Å²) in [6, 6.07) is 2.78.